The topological polar surface area (TPSA) is 250 Å². The predicted molar refractivity (Wildman–Crippen MR) is 536 cm³/mol. The van der Waals surface area contributed by atoms with Crippen molar-refractivity contribution in [2.75, 3.05) is 81.8 Å². The number of H-pyrrole nitrogens is 3. The minimum atomic E-state index is -4.28. The van der Waals surface area contributed by atoms with Crippen LogP contribution in [0.5, 0.6) is 17.2 Å². The highest BCUT2D eigenvalue weighted by atomic mass is 19.4. The van der Waals surface area contributed by atoms with Crippen molar-refractivity contribution in [1.29, 1.82) is 0 Å². The van der Waals surface area contributed by atoms with Crippen molar-refractivity contribution in [3.05, 3.63) is 248 Å². The summed E-state index contributed by atoms with van der Waals surface area (Å²) in [7, 11) is 9.91. The lowest BCUT2D eigenvalue weighted by Crippen LogP contribution is -2.49. The molecule has 5 aliphatic rings. The Balaban J connectivity index is 0.000000154. The number of pyridine rings is 3. The second kappa shape index (κ2) is 44.8. The Bertz CT molecular complexity index is 6440. The van der Waals surface area contributed by atoms with E-state index in [0.717, 1.165) is 133 Å². The Morgan fingerprint density at radius 2 is 0.735 bits per heavy atom. The van der Waals surface area contributed by atoms with Gasteiger partial charge in [-0.25, -0.2) is 0 Å². The van der Waals surface area contributed by atoms with E-state index < -0.39 is 12.2 Å². The van der Waals surface area contributed by atoms with Gasteiger partial charge in [0.1, 0.15) is 29.0 Å². The number of rotatable bonds is 29. The number of carbonyl (C=O) groups excluding carboxylic acids is 5. The number of likely N-dealkylation sites (tertiary alicyclic amines) is 3. The number of ether oxygens (including phenoxy) is 4. The zero-order chi connectivity index (χ0) is 98.0. The van der Waals surface area contributed by atoms with Crippen LogP contribution in [0.15, 0.2) is 153 Å². The molecule has 0 radical (unpaired) electrons. The van der Waals surface area contributed by atoms with Gasteiger partial charge in [-0.05, 0) is 286 Å². The minimum absolute atomic E-state index is 0.0202. The number of benzene rings is 4. The molecule has 0 amide bonds. The lowest BCUT2D eigenvalue weighted by molar-refractivity contribution is -0.192. The van der Waals surface area contributed by atoms with Gasteiger partial charge in [0, 0.05) is 168 Å². The second-order valence-electron chi connectivity index (χ2n) is 38.8. The summed E-state index contributed by atoms with van der Waals surface area (Å²) in [5.41, 5.74) is 15.7. The molecule has 0 unspecified atom stereocenters. The van der Waals surface area contributed by atoms with Crippen molar-refractivity contribution in [3.63, 3.8) is 0 Å². The molecule has 25 heteroatoms. The van der Waals surface area contributed by atoms with Gasteiger partial charge in [-0.2, -0.15) is 13.2 Å². The Morgan fingerprint density at radius 3 is 1.07 bits per heavy atom. The quantitative estimate of drug-likeness (QED) is 0.0369. The fraction of sp³-hybridized carbons (Fsp3) is 0.495. The SMILES string of the molecule is CCN1CCC([C@@H](C)n2c(C)c(C(=O)CCC3=C(OC)C=C(C)CC3=O)c3ccccc32)CC1.COc1cc(C)[nH]c(=O)c1CCC(=O)c1c(C)n([C@H](C)C2CCCCC2)c2ccccc12.COc1cc(C)[nH]c(=O)c1CCC(=O)c1c(C)n([C@H](C)C2CCN(C)CC2)c2ccccc12.COc1cc(C)[nH]c(=O)c1CCC(=O)c1c(C)n([C@H](C)[C@@H]2CCN(C)[C@H](C(F)(F)F)C2)c2ccccc12. The number of aryl methyl sites for hydroxylation is 3. The number of nitrogens with one attached hydrogen (secondary N) is 3. The number of aromatic amines is 3. The number of halogens is 3. The average molecular weight is 1860 g/mol. The number of para-hydroxylation sites is 4. The zero-order valence-corrected chi connectivity index (χ0v) is 83.3. The van der Waals surface area contributed by atoms with Crippen LogP contribution in [0.4, 0.5) is 13.2 Å². The van der Waals surface area contributed by atoms with Gasteiger partial charge in [-0.1, -0.05) is 105 Å². The lowest BCUT2D eigenvalue weighted by Gasteiger charge is -2.40. The van der Waals surface area contributed by atoms with Crippen LogP contribution < -0.4 is 30.9 Å². The average Bonchev–Trinajstić information content (AvgIpc) is 1.61. The number of hydrogen-bond acceptors (Lipinski definition) is 15. The molecule has 4 fully saturated rings. The van der Waals surface area contributed by atoms with Crippen LogP contribution >= 0.6 is 0 Å². The first kappa shape index (κ1) is 102. The van der Waals surface area contributed by atoms with Gasteiger partial charge in [0.25, 0.3) is 16.7 Å². The van der Waals surface area contributed by atoms with Crippen LogP contribution in [0.2, 0.25) is 0 Å². The van der Waals surface area contributed by atoms with Gasteiger partial charge in [-0.3, -0.25) is 43.3 Å². The maximum atomic E-state index is 13.7. The maximum absolute atomic E-state index is 13.7. The minimum Gasteiger partial charge on any atom is -0.496 e. The highest BCUT2D eigenvalue weighted by Crippen LogP contribution is 2.45. The molecule has 2 aliphatic carbocycles. The number of alkyl halides is 3. The molecule has 16 rings (SSSR count). The van der Waals surface area contributed by atoms with Crippen molar-refractivity contribution in [1.82, 2.24) is 47.9 Å². The molecule has 728 valence electrons. The van der Waals surface area contributed by atoms with E-state index in [1.807, 2.05) is 112 Å². The Morgan fingerprint density at radius 1 is 0.419 bits per heavy atom. The van der Waals surface area contributed by atoms with E-state index in [1.54, 1.807) is 34.3 Å². The number of ketones is 5. The summed E-state index contributed by atoms with van der Waals surface area (Å²) in [6, 6.07) is 36.9. The van der Waals surface area contributed by atoms with Crippen molar-refractivity contribution in [2.45, 2.75) is 255 Å². The lowest BCUT2D eigenvalue weighted by atomic mass is 9.84. The monoisotopic (exact) mass is 1860 g/mol. The number of allylic oxidation sites excluding steroid dienone is 3. The van der Waals surface area contributed by atoms with Crippen LogP contribution in [0.25, 0.3) is 43.6 Å². The molecular weight excluding hydrogens is 1720 g/mol. The Kier molecular flexibility index (Phi) is 33.6. The zero-order valence-electron chi connectivity index (χ0n) is 83.3. The molecule has 4 aromatic carbocycles. The highest BCUT2D eigenvalue weighted by molar-refractivity contribution is 6.13. The summed E-state index contributed by atoms with van der Waals surface area (Å²) in [5, 5.41) is 3.82. The maximum Gasteiger partial charge on any atom is 0.404 e. The summed E-state index contributed by atoms with van der Waals surface area (Å²) in [5.74, 6) is 4.00. The van der Waals surface area contributed by atoms with Gasteiger partial charge >= 0.3 is 6.18 Å². The Hall–Kier alpha value is -11.4. The number of piperidine rings is 3. The largest absolute Gasteiger partial charge is 0.496 e. The second-order valence-corrected chi connectivity index (χ2v) is 38.8. The number of carbonyl (C=O) groups is 5. The first-order valence-corrected chi connectivity index (χ1v) is 49.0. The van der Waals surface area contributed by atoms with Crippen LogP contribution in [0.3, 0.4) is 0 Å². The molecule has 3 N–H and O–H groups in total. The summed E-state index contributed by atoms with van der Waals surface area (Å²) in [6.45, 7) is 32.5. The summed E-state index contributed by atoms with van der Waals surface area (Å²) in [4.78, 5) is 119. The van der Waals surface area contributed by atoms with Gasteiger partial charge < -0.3 is 62.0 Å². The van der Waals surface area contributed by atoms with Gasteiger partial charge in [0.15, 0.2) is 28.9 Å². The van der Waals surface area contributed by atoms with Gasteiger partial charge in [0.05, 0.1) is 45.1 Å². The third-order valence-electron chi connectivity index (χ3n) is 30.3. The number of methoxy groups -OCH3 is 4. The summed E-state index contributed by atoms with van der Waals surface area (Å²) >= 11 is 0. The third kappa shape index (κ3) is 22.2. The van der Waals surface area contributed by atoms with Gasteiger partial charge in [0.2, 0.25) is 0 Å². The van der Waals surface area contributed by atoms with E-state index in [-0.39, 0.29) is 89.7 Å². The molecule has 136 heavy (non-hydrogen) atoms. The molecule has 7 aromatic heterocycles. The van der Waals surface area contributed by atoms with Crippen LogP contribution in [0, 0.1) is 72.1 Å². The molecule has 3 saturated heterocycles. The van der Waals surface area contributed by atoms with Crippen LogP contribution in [-0.4, -0.2) is 171 Å². The molecule has 6 atom stereocenters. The number of aromatic nitrogens is 7. The predicted octanol–water partition coefficient (Wildman–Crippen LogP) is 22.2. The molecule has 22 nitrogen and oxygen atoms in total. The number of fused-ring (bicyclic) bond motifs is 4. The number of nitrogens with zero attached hydrogens (tertiary/aromatic N) is 7. The highest BCUT2D eigenvalue weighted by Gasteiger charge is 2.47. The standard InChI is InChI=1S/C29H38N2O3.C28H34F3N3O3.C27H35N3O3.C27H34N2O3/c1-6-30-15-13-22(14-16-30)20(3)31-21(4)29(23-9-7-8-10-25(23)31)26(32)12-11-24-27(33)17-19(2)18-28(24)34-5;1-16-14-24(37-5)21(27(36)32-16)10-11-23(35)26-18(3)34(22-9-7-6-8-20(22)26)17(2)19-12-13-33(4)25(15-19)28(29,30)31;1-17-16-25(33-5)22(27(32)28-17)10-11-24(31)26-19(3)30(23-9-7-6-8-21(23)26)18(2)20-12-14-29(4)15-13-20;1-17-16-25(32-4)22(27(31)28-17)14-15-24(30)26-19(3)29(23-13-9-8-12-21(23)26)18(2)20-10-6-5-7-11-20/h7-10,18,20,22H,6,11-17H2,1-5H3;6-9,14,17,19,25H,10-13,15H2,1-5H3,(H,32,36);6-9,16,18,20H,10-15H2,1-5H3,(H,28,32);8-9,12-13,16,18,20H,5-7,10-11,14-15H2,1-4H3,(H,28,31)/t20-;17-,19-,25+;2*18-/m1111/s1. The van der Waals surface area contributed by atoms with Gasteiger partial charge in [-0.15, -0.1) is 0 Å². The Labute approximate surface area is 797 Å². The normalized spacial score (nSPS) is 17.8. The number of hydrogen-bond donors (Lipinski definition) is 3. The van der Waals surface area contributed by atoms with E-state index >= 15 is 0 Å². The number of Topliss-reactive ketones (excluding diaryl/α,β-unsaturated/α-hetero) is 5. The molecule has 10 heterocycles. The van der Waals surface area contributed by atoms with Crippen molar-refractivity contribution in [2.24, 2.45) is 23.7 Å². The van der Waals surface area contributed by atoms with Crippen molar-refractivity contribution >= 4 is 72.5 Å². The van der Waals surface area contributed by atoms with Crippen molar-refractivity contribution in [3.8, 4) is 17.2 Å². The fourth-order valence-electron chi connectivity index (χ4n) is 22.8. The van der Waals surface area contributed by atoms with E-state index in [1.165, 1.54) is 76.8 Å². The fourth-order valence-corrected chi connectivity index (χ4v) is 22.8. The third-order valence-corrected chi connectivity index (χ3v) is 30.3. The molecule has 3 aliphatic heterocycles. The first-order chi connectivity index (χ1) is 65.0. The van der Waals surface area contributed by atoms with Crippen molar-refractivity contribution < 1.29 is 56.1 Å². The molecule has 1 saturated carbocycles. The van der Waals surface area contributed by atoms with Crippen LogP contribution in [0.1, 0.15) is 273 Å². The molecule has 0 spiro atoms. The summed E-state index contributed by atoms with van der Waals surface area (Å²) < 4.78 is 71.9. The molecular formula is C111H141F3N10O12. The molecule has 0 bridgehead atoms. The molecule has 11 aromatic rings. The van der Waals surface area contributed by atoms with Crippen LogP contribution in [-0.2, 0) is 28.8 Å². The van der Waals surface area contributed by atoms with E-state index in [2.05, 4.69) is 136 Å². The first-order valence-electron chi connectivity index (χ1n) is 49.0. The van der Waals surface area contributed by atoms with E-state index in [4.69, 9.17) is 18.9 Å². The van der Waals surface area contributed by atoms with E-state index in [9.17, 15) is 51.5 Å². The smallest absolute Gasteiger partial charge is 0.404 e. The van der Waals surface area contributed by atoms with E-state index in [0.29, 0.717) is 137 Å². The summed E-state index contributed by atoms with van der Waals surface area (Å²) in [6.07, 6.45) is 12.2.